The molecule has 0 bridgehead atoms. The average molecular weight is 257 g/mol. The summed E-state index contributed by atoms with van der Waals surface area (Å²) in [5, 5.41) is 9.11. The van der Waals surface area contributed by atoms with Crippen molar-refractivity contribution in [1.82, 2.24) is 4.98 Å². The molecule has 1 N–H and O–H groups in total. The van der Waals surface area contributed by atoms with Crippen LogP contribution in [-0.4, -0.2) is 30.7 Å². The Labute approximate surface area is 100 Å². The second kappa shape index (κ2) is 5.27. The molecule has 1 rings (SSSR count). The maximum atomic E-state index is 11.6. The number of hydrogen-bond donors (Lipinski definition) is 1. The summed E-state index contributed by atoms with van der Waals surface area (Å²) in [5.41, 5.74) is 0.129. The summed E-state index contributed by atoms with van der Waals surface area (Å²) in [6.07, 6.45) is 3.49. The zero-order valence-corrected chi connectivity index (χ0v) is 10.6. The third-order valence-electron chi connectivity index (χ3n) is 2.40. The minimum atomic E-state index is -3.46. The molecule has 0 amide bonds. The van der Waals surface area contributed by atoms with E-state index in [0.717, 1.165) is 6.26 Å². The topological polar surface area (TPSA) is 84.3 Å². The van der Waals surface area contributed by atoms with Gasteiger partial charge in [0.15, 0.2) is 9.84 Å². The number of hydrogen-bond acceptors (Lipinski definition) is 4. The fraction of sp³-hybridized carbons (Fsp3) is 0.455. The molecule has 0 aliphatic carbocycles. The summed E-state index contributed by atoms with van der Waals surface area (Å²) in [6.45, 7) is 1.85. The minimum absolute atomic E-state index is 0.000787. The summed E-state index contributed by atoms with van der Waals surface area (Å²) in [5.74, 6) is -1.92. The van der Waals surface area contributed by atoms with Crippen LogP contribution < -0.4 is 0 Å². The molecule has 0 fully saturated rings. The zero-order valence-electron chi connectivity index (χ0n) is 9.75. The molecular weight excluding hydrogens is 242 g/mol. The summed E-state index contributed by atoms with van der Waals surface area (Å²) in [7, 11) is -3.46. The molecule has 1 aromatic rings. The van der Waals surface area contributed by atoms with Crippen molar-refractivity contribution >= 4 is 15.8 Å². The van der Waals surface area contributed by atoms with Crippen LogP contribution in [0.15, 0.2) is 23.2 Å². The van der Waals surface area contributed by atoms with Crippen LogP contribution in [0.25, 0.3) is 0 Å². The van der Waals surface area contributed by atoms with Crippen molar-refractivity contribution in [1.29, 1.82) is 0 Å². The van der Waals surface area contributed by atoms with Gasteiger partial charge in [-0.05, 0) is 18.6 Å². The quantitative estimate of drug-likeness (QED) is 0.863. The maximum absolute atomic E-state index is 11.6. The number of aromatic nitrogens is 1. The lowest BCUT2D eigenvalue weighted by atomic mass is 9.99. The molecule has 94 valence electrons. The lowest BCUT2D eigenvalue weighted by molar-refractivity contribution is -0.139. The Bertz CT molecular complexity index is 510. The minimum Gasteiger partial charge on any atom is -0.481 e. The zero-order chi connectivity index (χ0) is 13.1. The van der Waals surface area contributed by atoms with Gasteiger partial charge in [0.25, 0.3) is 0 Å². The van der Waals surface area contributed by atoms with Gasteiger partial charge in [-0.25, -0.2) is 8.42 Å². The number of rotatable bonds is 5. The predicted octanol–water partition coefficient (Wildman–Crippen LogP) is 1.45. The number of carboxylic acid groups (broad SMARTS) is 1. The lowest BCUT2D eigenvalue weighted by Crippen LogP contribution is -2.16. The van der Waals surface area contributed by atoms with Crippen LogP contribution in [0.2, 0.25) is 0 Å². The second-order valence-electron chi connectivity index (χ2n) is 3.84. The Kier molecular flexibility index (Phi) is 4.22. The largest absolute Gasteiger partial charge is 0.481 e. The van der Waals surface area contributed by atoms with Crippen molar-refractivity contribution in [2.75, 3.05) is 6.26 Å². The molecule has 5 nitrogen and oxygen atoms in total. The normalized spacial score (nSPS) is 13.3. The molecule has 17 heavy (non-hydrogen) atoms. The molecule has 6 heteroatoms. The van der Waals surface area contributed by atoms with Gasteiger partial charge >= 0.3 is 5.97 Å². The number of aliphatic carboxylic acids is 1. The highest BCUT2D eigenvalue weighted by Gasteiger charge is 2.26. The smallest absolute Gasteiger partial charge is 0.312 e. The van der Waals surface area contributed by atoms with Gasteiger partial charge in [0.1, 0.15) is 5.92 Å². The SMILES string of the molecule is CCCC(C(=O)O)c1ncccc1S(C)(=O)=O. The molecule has 0 aliphatic heterocycles. The highest BCUT2D eigenvalue weighted by Crippen LogP contribution is 2.25. The summed E-state index contributed by atoms with van der Waals surface area (Å²) in [4.78, 5) is 15.1. The van der Waals surface area contributed by atoms with E-state index in [-0.39, 0.29) is 10.6 Å². The van der Waals surface area contributed by atoms with Gasteiger partial charge in [-0.15, -0.1) is 0 Å². The Balaban J connectivity index is 3.34. The van der Waals surface area contributed by atoms with E-state index in [1.54, 1.807) is 0 Å². The van der Waals surface area contributed by atoms with Crippen molar-refractivity contribution in [3.05, 3.63) is 24.0 Å². The van der Waals surface area contributed by atoms with Crippen LogP contribution in [0.4, 0.5) is 0 Å². The number of sulfone groups is 1. The van der Waals surface area contributed by atoms with Crippen molar-refractivity contribution in [2.45, 2.75) is 30.6 Å². The average Bonchev–Trinajstić information content (AvgIpc) is 2.24. The van der Waals surface area contributed by atoms with Gasteiger partial charge < -0.3 is 5.11 Å². The van der Waals surface area contributed by atoms with Gasteiger partial charge in [0.05, 0.1) is 10.6 Å². The Morgan fingerprint density at radius 3 is 2.65 bits per heavy atom. The molecule has 0 spiro atoms. The second-order valence-corrected chi connectivity index (χ2v) is 5.82. The van der Waals surface area contributed by atoms with E-state index >= 15 is 0 Å². The summed E-state index contributed by atoms with van der Waals surface area (Å²) < 4.78 is 23.1. The maximum Gasteiger partial charge on any atom is 0.312 e. The van der Waals surface area contributed by atoms with Gasteiger partial charge in [0.2, 0.25) is 0 Å². The van der Waals surface area contributed by atoms with Crippen LogP contribution in [0.3, 0.4) is 0 Å². The third kappa shape index (κ3) is 3.26. The Morgan fingerprint density at radius 2 is 2.18 bits per heavy atom. The number of carbonyl (C=O) groups is 1. The van der Waals surface area contributed by atoms with Gasteiger partial charge in [-0.1, -0.05) is 13.3 Å². The van der Waals surface area contributed by atoms with Gasteiger partial charge in [-0.2, -0.15) is 0 Å². The monoisotopic (exact) mass is 257 g/mol. The molecule has 0 aromatic carbocycles. The first kappa shape index (κ1) is 13.6. The van der Waals surface area contributed by atoms with Crippen LogP contribution in [-0.2, 0) is 14.6 Å². The van der Waals surface area contributed by atoms with Crippen molar-refractivity contribution < 1.29 is 18.3 Å². The third-order valence-corrected chi connectivity index (χ3v) is 3.55. The van der Waals surface area contributed by atoms with Gasteiger partial charge in [-0.3, -0.25) is 9.78 Å². The van der Waals surface area contributed by atoms with Crippen LogP contribution in [0.5, 0.6) is 0 Å². The van der Waals surface area contributed by atoms with Crippen molar-refractivity contribution in [3.63, 3.8) is 0 Å². The highest BCUT2D eigenvalue weighted by atomic mass is 32.2. The van der Waals surface area contributed by atoms with E-state index in [9.17, 15) is 13.2 Å². The molecule has 1 unspecified atom stereocenters. The summed E-state index contributed by atoms with van der Waals surface area (Å²) >= 11 is 0. The molecular formula is C11H15NO4S. The first-order valence-electron chi connectivity index (χ1n) is 5.25. The van der Waals surface area contributed by atoms with E-state index in [4.69, 9.17) is 5.11 Å². The number of carboxylic acids is 1. The van der Waals surface area contributed by atoms with E-state index in [1.165, 1.54) is 18.3 Å². The standard InChI is InChI=1S/C11H15NO4S/c1-3-5-8(11(13)14)10-9(17(2,15)16)6-4-7-12-10/h4,6-8H,3,5H2,1-2H3,(H,13,14). The first-order chi connectivity index (χ1) is 7.88. The summed E-state index contributed by atoms with van der Waals surface area (Å²) in [6, 6.07) is 2.88. The molecule has 1 atom stereocenters. The number of pyridine rings is 1. The fourth-order valence-corrected chi connectivity index (χ4v) is 2.54. The molecule has 1 aromatic heterocycles. The van der Waals surface area contributed by atoms with Crippen molar-refractivity contribution in [3.8, 4) is 0 Å². The van der Waals surface area contributed by atoms with Gasteiger partial charge in [0, 0.05) is 12.5 Å². The molecule has 1 heterocycles. The van der Waals surface area contributed by atoms with Crippen LogP contribution >= 0.6 is 0 Å². The lowest BCUT2D eigenvalue weighted by Gasteiger charge is -2.13. The van der Waals surface area contributed by atoms with E-state index in [1.807, 2.05) is 6.92 Å². The molecule has 0 radical (unpaired) electrons. The molecule has 0 aliphatic rings. The highest BCUT2D eigenvalue weighted by molar-refractivity contribution is 7.90. The number of nitrogens with zero attached hydrogens (tertiary/aromatic N) is 1. The van der Waals surface area contributed by atoms with Crippen molar-refractivity contribution in [2.24, 2.45) is 0 Å². The first-order valence-corrected chi connectivity index (χ1v) is 7.14. The molecule has 0 saturated carbocycles. The Morgan fingerprint density at radius 1 is 1.53 bits per heavy atom. The van der Waals surface area contributed by atoms with E-state index < -0.39 is 21.7 Å². The fourth-order valence-electron chi connectivity index (χ4n) is 1.64. The van der Waals surface area contributed by atoms with Crippen LogP contribution in [0.1, 0.15) is 31.4 Å². The Hall–Kier alpha value is -1.43. The van der Waals surface area contributed by atoms with E-state index in [0.29, 0.717) is 12.8 Å². The van der Waals surface area contributed by atoms with Crippen LogP contribution in [0, 0.1) is 0 Å². The predicted molar refractivity (Wildman–Crippen MR) is 62.6 cm³/mol. The van der Waals surface area contributed by atoms with E-state index in [2.05, 4.69) is 4.98 Å². The molecule has 0 saturated heterocycles.